The van der Waals surface area contributed by atoms with E-state index >= 15 is 0 Å². The summed E-state index contributed by atoms with van der Waals surface area (Å²) in [6.07, 6.45) is -4.36. The molecule has 0 unspecified atom stereocenters. The number of benzene rings is 1. The Kier molecular flexibility index (Phi) is 3.86. The predicted octanol–water partition coefficient (Wildman–Crippen LogP) is 4.35. The first-order chi connectivity index (χ1) is 7.30. The summed E-state index contributed by atoms with van der Waals surface area (Å²) in [5.41, 5.74) is 0.590. The normalized spacial score (nSPS) is 11.3. The van der Waals surface area contributed by atoms with Crippen molar-refractivity contribution in [1.29, 1.82) is 0 Å². The quantitative estimate of drug-likeness (QED) is 0.786. The van der Waals surface area contributed by atoms with Gasteiger partial charge in [-0.05, 0) is 25.1 Å². The highest BCUT2D eigenvalue weighted by atomic mass is 35.5. The van der Waals surface area contributed by atoms with Crippen LogP contribution >= 0.6 is 11.6 Å². The molecule has 0 radical (unpaired) electrons. The van der Waals surface area contributed by atoms with E-state index in [1.54, 1.807) is 0 Å². The van der Waals surface area contributed by atoms with Crippen molar-refractivity contribution in [3.8, 4) is 0 Å². The fourth-order valence-corrected chi connectivity index (χ4v) is 1.33. The van der Waals surface area contributed by atoms with Crippen molar-refractivity contribution in [2.75, 3.05) is 11.9 Å². The van der Waals surface area contributed by atoms with Gasteiger partial charge in [-0.1, -0.05) is 23.8 Å². The van der Waals surface area contributed by atoms with Gasteiger partial charge in [-0.25, -0.2) is 0 Å². The highest BCUT2D eigenvalue weighted by molar-refractivity contribution is 6.33. The van der Waals surface area contributed by atoms with Crippen molar-refractivity contribution in [1.82, 2.24) is 0 Å². The van der Waals surface area contributed by atoms with Gasteiger partial charge < -0.3 is 5.32 Å². The molecule has 0 saturated heterocycles. The van der Waals surface area contributed by atoms with E-state index in [-0.39, 0.29) is 5.02 Å². The molecule has 1 aromatic rings. The van der Waals surface area contributed by atoms with Crippen LogP contribution in [0.5, 0.6) is 0 Å². The summed E-state index contributed by atoms with van der Waals surface area (Å²) in [6.45, 7) is 5.96. The molecule has 1 N–H and O–H groups in total. The van der Waals surface area contributed by atoms with E-state index in [0.717, 1.165) is 17.7 Å². The Balaban J connectivity index is 2.88. The number of hydrogen-bond donors (Lipinski definition) is 1. The molecule has 88 valence electrons. The van der Waals surface area contributed by atoms with Gasteiger partial charge in [0.05, 0.1) is 16.3 Å². The van der Waals surface area contributed by atoms with Crippen LogP contribution in [0.15, 0.2) is 30.4 Å². The molecular weight excluding hydrogens is 239 g/mol. The molecule has 0 amide bonds. The molecule has 1 rings (SSSR count). The maximum absolute atomic E-state index is 12.3. The van der Waals surface area contributed by atoms with Crippen molar-refractivity contribution in [3.63, 3.8) is 0 Å². The van der Waals surface area contributed by atoms with Gasteiger partial charge in [0.15, 0.2) is 0 Å². The van der Waals surface area contributed by atoms with Crippen molar-refractivity contribution in [3.05, 3.63) is 40.9 Å². The fourth-order valence-electron chi connectivity index (χ4n) is 1.08. The topological polar surface area (TPSA) is 12.0 Å². The summed E-state index contributed by atoms with van der Waals surface area (Å²) in [7, 11) is 0. The number of rotatable bonds is 3. The monoisotopic (exact) mass is 249 g/mol. The van der Waals surface area contributed by atoms with Crippen LogP contribution in [0, 0.1) is 0 Å². The summed E-state index contributed by atoms with van der Waals surface area (Å²) in [5.74, 6) is 0. The van der Waals surface area contributed by atoms with Gasteiger partial charge in [0.25, 0.3) is 0 Å². The van der Waals surface area contributed by atoms with Gasteiger partial charge in [-0.2, -0.15) is 13.2 Å². The first kappa shape index (κ1) is 12.9. The van der Waals surface area contributed by atoms with Crippen LogP contribution in [0.25, 0.3) is 0 Å². The van der Waals surface area contributed by atoms with Crippen molar-refractivity contribution < 1.29 is 13.2 Å². The molecule has 0 spiro atoms. The third-order valence-corrected chi connectivity index (χ3v) is 2.19. The summed E-state index contributed by atoms with van der Waals surface area (Å²) in [6, 6.07) is 3.21. The van der Waals surface area contributed by atoms with E-state index in [2.05, 4.69) is 11.9 Å². The van der Waals surface area contributed by atoms with E-state index in [1.165, 1.54) is 6.07 Å². The van der Waals surface area contributed by atoms with Gasteiger partial charge in [-0.3, -0.25) is 0 Å². The van der Waals surface area contributed by atoms with Crippen LogP contribution < -0.4 is 5.32 Å². The lowest BCUT2D eigenvalue weighted by atomic mass is 10.2. The second-order valence-electron chi connectivity index (χ2n) is 3.50. The standard InChI is InChI=1S/C11H11ClF3N/c1-7(2)6-16-10-4-3-8(5-9(10)12)11(13,14)15/h3-5,16H,1,6H2,2H3. The molecule has 0 bridgehead atoms. The minimum atomic E-state index is -4.36. The SMILES string of the molecule is C=C(C)CNc1ccc(C(F)(F)F)cc1Cl. The van der Waals surface area contributed by atoms with Crippen LogP contribution in [0.1, 0.15) is 12.5 Å². The Morgan fingerprint density at radius 1 is 1.44 bits per heavy atom. The van der Waals surface area contributed by atoms with Crippen LogP contribution in [0.2, 0.25) is 5.02 Å². The molecule has 0 atom stereocenters. The maximum atomic E-state index is 12.3. The summed E-state index contributed by atoms with van der Waals surface area (Å²) in [4.78, 5) is 0. The van der Waals surface area contributed by atoms with E-state index in [4.69, 9.17) is 11.6 Å². The molecule has 5 heteroatoms. The summed E-state index contributed by atoms with van der Waals surface area (Å²) >= 11 is 5.73. The summed E-state index contributed by atoms with van der Waals surface area (Å²) < 4.78 is 37.0. The van der Waals surface area contributed by atoms with Crippen LogP contribution in [0.3, 0.4) is 0 Å². The zero-order valence-electron chi connectivity index (χ0n) is 8.66. The average Bonchev–Trinajstić information content (AvgIpc) is 2.14. The van der Waals surface area contributed by atoms with Crippen molar-refractivity contribution in [2.24, 2.45) is 0 Å². The molecule has 0 heterocycles. The van der Waals surface area contributed by atoms with Gasteiger partial charge >= 0.3 is 6.18 Å². The van der Waals surface area contributed by atoms with Crippen LogP contribution in [-0.2, 0) is 6.18 Å². The molecule has 0 aliphatic heterocycles. The molecule has 1 nitrogen and oxygen atoms in total. The van der Waals surface area contributed by atoms with E-state index < -0.39 is 11.7 Å². The number of anilines is 1. The zero-order valence-corrected chi connectivity index (χ0v) is 9.41. The Morgan fingerprint density at radius 3 is 2.50 bits per heavy atom. The fraction of sp³-hybridized carbons (Fsp3) is 0.273. The minimum Gasteiger partial charge on any atom is -0.380 e. The maximum Gasteiger partial charge on any atom is 0.416 e. The van der Waals surface area contributed by atoms with Crippen molar-refractivity contribution >= 4 is 17.3 Å². The number of hydrogen-bond acceptors (Lipinski definition) is 1. The molecule has 0 aliphatic rings. The summed E-state index contributed by atoms with van der Waals surface area (Å²) in [5, 5.41) is 2.94. The first-order valence-corrected chi connectivity index (χ1v) is 4.93. The largest absolute Gasteiger partial charge is 0.416 e. The Morgan fingerprint density at radius 2 is 2.06 bits per heavy atom. The Labute approximate surface area is 96.9 Å². The molecule has 0 aliphatic carbocycles. The van der Waals surface area contributed by atoms with E-state index in [1.807, 2.05) is 6.92 Å². The number of nitrogens with one attached hydrogen (secondary N) is 1. The van der Waals surface area contributed by atoms with Gasteiger partial charge in [-0.15, -0.1) is 0 Å². The van der Waals surface area contributed by atoms with Crippen molar-refractivity contribution in [2.45, 2.75) is 13.1 Å². The zero-order chi connectivity index (χ0) is 12.3. The first-order valence-electron chi connectivity index (χ1n) is 4.55. The van der Waals surface area contributed by atoms with Crippen LogP contribution in [0.4, 0.5) is 18.9 Å². The molecule has 0 fully saturated rings. The second-order valence-corrected chi connectivity index (χ2v) is 3.91. The Bertz CT molecular complexity index is 399. The van der Waals surface area contributed by atoms with Gasteiger partial charge in [0.2, 0.25) is 0 Å². The van der Waals surface area contributed by atoms with E-state index in [0.29, 0.717) is 12.2 Å². The highest BCUT2D eigenvalue weighted by Crippen LogP contribution is 2.33. The third kappa shape index (κ3) is 3.45. The van der Waals surface area contributed by atoms with Crippen LogP contribution in [-0.4, -0.2) is 6.54 Å². The number of halogens is 4. The third-order valence-electron chi connectivity index (χ3n) is 1.88. The smallest absolute Gasteiger partial charge is 0.380 e. The second kappa shape index (κ2) is 4.78. The molecular formula is C11H11ClF3N. The molecule has 1 aromatic carbocycles. The molecule has 0 aromatic heterocycles. The molecule has 16 heavy (non-hydrogen) atoms. The minimum absolute atomic E-state index is 0.0519. The van der Waals surface area contributed by atoms with Gasteiger partial charge in [0, 0.05) is 6.54 Å². The number of alkyl halides is 3. The lowest BCUT2D eigenvalue weighted by Crippen LogP contribution is -2.07. The highest BCUT2D eigenvalue weighted by Gasteiger charge is 2.30. The average molecular weight is 250 g/mol. The lowest BCUT2D eigenvalue weighted by Gasteiger charge is -2.11. The van der Waals surface area contributed by atoms with Gasteiger partial charge in [0.1, 0.15) is 0 Å². The van der Waals surface area contributed by atoms with E-state index in [9.17, 15) is 13.2 Å². The Hall–Kier alpha value is -1.16. The molecule has 0 saturated carbocycles. The lowest BCUT2D eigenvalue weighted by molar-refractivity contribution is -0.137. The predicted molar refractivity (Wildman–Crippen MR) is 59.8 cm³/mol.